The minimum Gasteiger partial charge on any atom is -0.242 e. The van der Waals surface area contributed by atoms with Gasteiger partial charge in [0.25, 0.3) is 0 Å². The van der Waals surface area contributed by atoms with Gasteiger partial charge in [-0.15, -0.1) is 10.2 Å². The van der Waals surface area contributed by atoms with E-state index in [1.165, 1.54) is 12.7 Å². The molecule has 0 saturated heterocycles. The third kappa shape index (κ3) is 3.34. The molecule has 0 bridgehead atoms. The summed E-state index contributed by atoms with van der Waals surface area (Å²) in [5.74, 6) is 0. The van der Waals surface area contributed by atoms with Crippen molar-refractivity contribution in [2.75, 3.05) is 0 Å². The van der Waals surface area contributed by atoms with Gasteiger partial charge in [-0.05, 0) is 0 Å². The van der Waals surface area contributed by atoms with Crippen LogP contribution in [0.15, 0.2) is 95.9 Å². The topological polar surface area (TPSA) is 76.3 Å². The zero-order valence-electron chi connectivity index (χ0n) is 13.8. The number of benzene rings is 2. The van der Waals surface area contributed by atoms with E-state index in [1.54, 1.807) is 12.4 Å². The third-order valence-corrected chi connectivity index (χ3v) is 3.75. The van der Waals surface area contributed by atoms with Crippen LogP contribution in [0.5, 0.6) is 0 Å². The molecule has 6 heteroatoms. The van der Waals surface area contributed by atoms with Crippen LogP contribution in [0.4, 0.5) is 11.4 Å². The Labute approximate surface area is 150 Å². The zero-order chi connectivity index (χ0) is 17.6. The summed E-state index contributed by atoms with van der Waals surface area (Å²) in [6.07, 6.45) is 6.29. The highest BCUT2D eigenvalue weighted by Gasteiger charge is 2.08. The number of hydrogen-bond acceptors (Lipinski definition) is 6. The Kier molecular flexibility index (Phi) is 4.47. The van der Waals surface area contributed by atoms with Gasteiger partial charge in [-0.3, -0.25) is 0 Å². The second kappa shape index (κ2) is 7.40. The Bertz CT molecular complexity index is 947. The van der Waals surface area contributed by atoms with Crippen LogP contribution in [-0.2, 0) is 0 Å². The molecule has 26 heavy (non-hydrogen) atoms. The van der Waals surface area contributed by atoms with Crippen molar-refractivity contribution < 1.29 is 0 Å². The molecule has 124 valence electrons. The van der Waals surface area contributed by atoms with Crippen molar-refractivity contribution in [3.8, 4) is 22.5 Å². The fourth-order valence-electron chi connectivity index (χ4n) is 2.54. The number of azo groups is 1. The number of rotatable bonds is 4. The molecule has 0 aliphatic heterocycles. The first-order chi connectivity index (χ1) is 12.9. The van der Waals surface area contributed by atoms with Crippen LogP contribution >= 0.6 is 0 Å². The Hall–Kier alpha value is -3.80. The van der Waals surface area contributed by atoms with E-state index in [0.717, 1.165) is 22.5 Å². The standard InChI is InChI=1S/C20H14N6/c1-3-7-15(8-4-1)19-17(11-21-13-23-19)25-26-18-12-22-14-24-20(18)16-9-5-2-6-10-16/h1-14H. The first kappa shape index (κ1) is 15.7. The van der Waals surface area contributed by atoms with Crippen LogP contribution in [0.3, 0.4) is 0 Å². The monoisotopic (exact) mass is 338 g/mol. The molecule has 4 aromatic rings. The fourth-order valence-corrected chi connectivity index (χ4v) is 2.54. The largest absolute Gasteiger partial charge is 0.242 e. The number of hydrogen-bond donors (Lipinski definition) is 0. The average Bonchev–Trinajstić information content (AvgIpc) is 2.74. The fraction of sp³-hybridized carbons (Fsp3) is 0. The molecule has 2 aromatic heterocycles. The van der Waals surface area contributed by atoms with E-state index in [-0.39, 0.29) is 0 Å². The summed E-state index contributed by atoms with van der Waals surface area (Å²) < 4.78 is 0. The molecule has 0 atom stereocenters. The Balaban J connectivity index is 1.73. The second-order valence-electron chi connectivity index (χ2n) is 5.45. The summed E-state index contributed by atoms with van der Waals surface area (Å²) in [6.45, 7) is 0. The molecule has 0 unspecified atom stereocenters. The minimum atomic E-state index is 0.585. The highest BCUT2D eigenvalue weighted by molar-refractivity contribution is 5.72. The van der Waals surface area contributed by atoms with Crippen molar-refractivity contribution >= 4 is 11.4 Å². The smallest absolute Gasteiger partial charge is 0.130 e. The maximum atomic E-state index is 4.36. The Morgan fingerprint density at radius 3 is 1.38 bits per heavy atom. The van der Waals surface area contributed by atoms with Gasteiger partial charge in [0.05, 0.1) is 12.4 Å². The molecule has 0 fully saturated rings. The van der Waals surface area contributed by atoms with E-state index in [0.29, 0.717) is 11.4 Å². The second-order valence-corrected chi connectivity index (χ2v) is 5.45. The molecule has 0 aliphatic rings. The van der Waals surface area contributed by atoms with Crippen LogP contribution < -0.4 is 0 Å². The van der Waals surface area contributed by atoms with Crippen LogP contribution in [0, 0.1) is 0 Å². The summed E-state index contributed by atoms with van der Waals surface area (Å²) in [7, 11) is 0. The lowest BCUT2D eigenvalue weighted by atomic mass is 10.1. The molecule has 0 amide bonds. The Morgan fingerprint density at radius 1 is 0.538 bits per heavy atom. The molecule has 0 saturated carbocycles. The van der Waals surface area contributed by atoms with E-state index in [2.05, 4.69) is 30.2 Å². The zero-order valence-corrected chi connectivity index (χ0v) is 13.8. The molecular weight excluding hydrogens is 324 g/mol. The van der Waals surface area contributed by atoms with Gasteiger partial charge in [0.1, 0.15) is 35.4 Å². The van der Waals surface area contributed by atoms with Crippen LogP contribution in [0.2, 0.25) is 0 Å². The quantitative estimate of drug-likeness (QED) is 0.490. The van der Waals surface area contributed by atoms with Crippen LogP contribution in [0.1, 0.15) is 0 Å². The molecule has 6 nitrogen and oxygen atoms in total. The molecule has 0 aliphatic carbocycles. The van der Waals surface area contributed by atoms with E-state index >= 15 is 0 Å². The van der Waals surface area contributed by atoms with Crippen molar-refractivity contribution in [1.82, 2.24) is 19.9 Å². The maximum absolute atomic E-state index is 4.36. The van der Waals surface area contributed by atoms with Crippen molar-refractivity contribution in [2.45, 2.75) is 0 Å². The third-order valence-electron chi connectivity index (χ3n) is 3.75. The van der Waals surface area contributed by atoms with Crippen molar-refractivity contribution in [3.63, 3.8) is 0 Å². The molecule has 0 N–H and O–H groups in total. The highest BCUT2D eigenvalue weighted by Crippen LogP contribution is 2.31. The SMILES string of the molecule is c1ccc(-c2ncncc2N=Nc2cncnc2-c2ccccc2)cc1. The van der Waals surface area contributed by atoms with Gasteiger partial charge in [-0.25, -0.2) is 19.9 Å². The molecule has 2 aromatic carbocycles. The van der Waals surface area contributed by atoms with Gasteiger partial charge in [-0.2, -0.15) is 0 Å². The lowest BCUT2D eigenvalue weighted by molar-refractivity contribution is 1.10. The van der Waals surface area contributed by atoms with Gasteiger partial charge in [0, 0.05) is 11.1 Å². The summed E-state index contributed by atoms with van der Waals surface area (Å²) in [5, 5.41) is 8.72. The number of aromatic nitrogens is 4. The van der Waals surface area contributed by atoms with Crippen LogP contribution in [0.25, 0.3) is 22.5 Å². The lowest BCUT2D eigenvalue weighted by Crippen LogP contribution is -1.86. The maximum Gasteiger partial charge on any atom is 0.130 e. The predicted molar refractivity (Wildman–Crippen MR) is 99.1 cm³/mol. The van der Waals surface area contributed by atoms with Gasteiger partial charge in [-0.1, -0.05) is 60.7 Å². The lowest BCUT2D eigenvalue weighted by Gasteiger charge is -2.04. The molecule has 0 radical (unpaired) electrons. The van der Waals surface area contributed by atoms with Gasteiger partial charge in [0.2, 0.25) is 0 Å². The summed E-state index contributed by atoms with van der Waals surface area (Å²) in [4.78, 5) is 16.8. The summed E-state index contributed by atoms with van der Waals surface area (Å²) in [5.41, 5.74) is 4.53. The predicted octanol–water partition coefficient (Wildman–Crippen LogP) is 5.02. The van der Waals surface area contributed by atoms with Gasteiger partial charge in [0.15, 0.2) is 0 Å². The van der Waals surface area contributed by atoms with Crippen molar-refractivity contribution in [1.29, 1.82) is 0 Å². The van der Waals surface area contributed by atoms with E-state index in [4.69, 9.17) is 0 Å². The normalized spacial score (nSPS) is 10.9. The molecule has 0 spiro atoms. The van der Waals surface area contributed by atoms with Gasteiger partial charge < -0.3 is 0 Å². The highest BCUT2D eigenvalue weighted by atomic mass is 15.1. The first-order valence-electron chi connectivity index (χ1n) is 8.04. The van der Waals surface area contributed by atoms with Crippen molar-refractivity contribution in [3.05, 3.63) is 85.7 Å². The van der Waals surface area contributed by atoms with Crippen molar-refractivity contribution in [2.24, 2.45) is 10.2 Å². The average molecular weight is 338 g/mol. The number of nitrogens with zero attached hydrogens (tertiary/aromatic N) is 6. The van der Waals surface area contributed by atoms with Gasteiger partial charge >= 0.3 is 0 Å². The van der Waals surface area contributed by atoms with E-state index < -0.39 is 0 Å². The first-order valence-corrected chi connectivity index (χ1v) is 8.04. The summed E-state index contributed by atoms with van der Waals surface area (Å²) in [6, 6.07) is 19.6. The molecule has 4 rings (SSSR count). The van der Waals surface area contributed by atoms with E-state index in [9.17, 15) is 0 Å². The summed E-state index contributed by atoms with van der Waals surface area (Å²) >= 11 is 0. The minimum absolute atomic E-state index is 0.585. The van der Waals surface area contributed by atoms with Crippen LogP contribution in [-0.4, -0.2) is 19.9 Å². The molecule has 2 heterocycles. The molecular formula is C20H14N6. The van der Waals surface area contributed by atoms with E-state index in [1.807, 2.05) is 60.7 Å². The Morgan fingerprint density at radius 2 is 0.962 bits per heavy atom.